The summed E-state index contributed by atoms with van der Waals surface area (Å²) in [5.41, 5.74) is 0.773. The second-order valence-electron chi connectivity index (χ2n) is 7.20. The molecule has 0 saturated carbocycles. The number of benzene rings is 2. The Kier molecular flexibility index (Phi) is 7.00. The van der Waals surface area contributed by atoms with Crippen LogP contribution in [0.1, 0.15) is 19.4 Å². The molecular formula is C23H24ClNO5. The second kappa shape index (κ2) is 9.67. The Balaban J connectivity index is 1.62. The monoisotopic (exact) mass is 429 g/mol. The minimum atomic E-state index is -0.518. The average molecular weight is 430 g/mol. The van der Waals surface area contributed by atoms with E-state index in [4.69, 9.17) is 25.8 Å². The van der Waals surface area contributed by atoms with Gasteiger partial charge < -0.3 is 14.2 Å². The molecule has 0 radical (unpaired) electrons. The van der Waals surface area contributed by atoms with E-state index >= 15 is 0 Å². The third-order valence-electron chi connectivity index (χ3n) is 4.48. The molecule has 0 aliphatic carbocycles. The molecule has 30 heavy (non-hydrogen) atoms. The van der Waals surface area contributed by atoms with Gasteiger partial charge in [-0.05, 0) is 47.9 Å². The standard InChI is InChI=1S/C23H24ClNO5/c1-15(2)14-30-19-6-4-16(5-7-19)20-21(24)23(27)25(22(20)26)12-13-29-18-10-8-17(28-3)9-11-18/h4-11,15H,12-14H2,1-3H3. The fraction of sp³-hybridized carbons (Fsp3) is 0.304. The maximum Gasteiger partial charge on any atom is 0.273 e. The van der Waals surface area contributed by atoms with Crippen LogP contribution in [0, 0.1) is 5.92 Å². The van der Waals surface area contributed by atoms with Gasteiger partial charge in [0, 0.05) is 0 Å². The molecule has 0 spiro atoms. The van der Waals surface area contributed by atoms with Crippen LogP contribution in [0.3, 0.4) is 0 Å². The molecule has 6 nitrogen and oxygen atoms in total. The van der Waals surface area contributed by atoms with Crippen LogP contribution in [-0.4, -0.2) is 43.6 Å². The molecular weight excluding hydrogens is 406 g/mol. The SMILES string of the molecule is COc1ccc(OCCN2C(=O)C(Cl)=C(c3ccc(OCC(C)C)cc3)C2=O)cc1. The highest BCUT2D eigenvalue weighted by molar-refractivity contribution is 6.55. The Morgan fingerprint density at radius 2 is 1.43 bits per heavy atom. The summed E-state index contributed by atoms with van der Waals surface area (Å²) in [5.74, 6) is 1.49. The van der Waals surface area contributed by atoms with E-state index in [0.29, 0.717) is 35.3 Å². The van der Waals surface area contributed by atoms with Gasteiger partial charge in [-0.2, -0.15) is 0 Å². The van der Waals surface area contributed by atoms with E-state index in [1.807, 2.05) is 0 Å². The molecule has 0 saturated heterocycles. The van der Waals surface area contributed by atoms with Gasteiger partial charge in [-0.1, -0.05) is 37.6 Å². The molecule has 1 aliphatic heterocycles. The fourth-order valence-corrected chi connectivity index (χ4v) is 3.20. The van der Waals surface area contributed by atoms with Crippen LogP contribution in [0.4, 0.5) is 0 Å². The molecule has 2 aromatic rings. The first-order valence-electron chi connectivity index (χ1n) is 9.66. The van der Waals surface area contributed by atoms with E-state index in [9.17, 15) is 9.59 Å². The van der Waals surface area contributed by atoms with Crippen LogP contribution in [0.15, 0.2) is 53.6 Å². The van der Waals surface area contributed by atoms with Crippen LogP contribution in [0.25, 0.3) is 5.57 Å². The lowest BCUT2D eigenvalue weighted by Gasteiger charge is -2.15. The zero-order chi connectivity index (χ0) is 21.7. The summed E-state index contributed by atoms with van der Waals surface area (Å²) in [4.78, 5) is 26.4. The van der Waals surface area contributed by atoms with Crippen molar-refractivity contribution in [3.63, 3.8) is 0 Å². The quantitative estimate of drug-likeness (QED) is 0.561. The van der Waals surface area contributed by atoms with Gasteiger partial charge in [-0.15, -0.1) is 0 Å². The number of carbonyl (C=O) groups is 2. The molecule has 2 amide bonds. The second-order valence-corrected chi connectivity index (χ2v) is 7.58. The zero-order valence-electron chi connectivity index (χ0n) is 17.2. The predicted molar refractivity (Wildman–Crippen MR) is 115 cm³/mol. The molecule has 0 fully saturated rings. The minimum absolute atomic E-state index is 0.0831. The first kappa shape index (κ1) is 21.7. The molecule has 0 bridgehead atoms. The fourth-order valence-electron chi connectivity index (χ4n) is 2.91. The minimum Gasteiger partial charge on any atom is -0.497 e. The first-order chi connectivity index (χ1) is 14.4. The number of nitrogens with zero attached hydrogens (tertiary/aromatic N) is 1. The van der Waals surface area contributed by atoms with E-state index < -0.39 is 11.8 Å². The van der Waals surface area contributed by atoms with Crippen molar-refractivity contribution in [1.29, 1.82) is 0 Å². The largest absolute Gasteiger partial charge is 0.497 e. The van der Waals surface area contributed by atoms with Crippen molar-refractivity contribution in [1.82, 2.24) is 4.90 Å². The summed E-state index contributed by atoms with van der Waals surface area (Å²) < 4.78 is 16.4. The Labute approximate surface area is 181 Å². The van der Waals surface area contributed by atoms with Crippen molar-refractivity contribution < 1.29 is 23.8 Å². The first-order valence-corrected chi connectivity index (χ1v) is 10.0. The van der Waals surface area contributed by atoms with Crippen molar-refractivity contribution in [2.75, 3.05) is 26.9 Å². The number of hydrogen-bond acceptors (Lipinski definition) is 5. The topological polar surface area (TPSA) is 65.1 Å². The summed E-state index contributed by atoms with van der Waals surface area (Å²) in [6.07, 6.45) is 0. The molecule has 1 heterocycles. The molecule has 0 N–H and O–H groups in total. The van der Waals surface area contributed by atoms with Gasteiger partial charge in [-0.25, -0.2) is 0 Å². The van der Waals surface area contributed by atoms with Crippen LogP contribution in [-0.2, 0) is 9.59 Å². The average Bonchev–Trinajstić information content (AvgIpc) is 2.96. The van der Waals surface area contributed by atoms with Gasteiger partial charge in [0.25, 0.3) is 11.8 Å². The number of ether oxygens (including phenoxy) is 3. The Hall–Kier alpha value is -2.99. The third kappa shape index (κ3) is 4.94. The van der Waals surface area contributed by atoms with Gasteiger partial charge in [0.15, 0.2) is 0 Å². The predicted octanol–water partition coefficient (Wildman–Crippen LogP) is 4.13. The highest BCUT2D eigenvalue weighted by Crippen LogP contribution is 2.32. The highest BCUT2D eigenvalue weighted by atomic mass is 35.5. The van der Waals surface area contributed by atoms with Gasteiger partial charge >= 0.3 is 0 Å². The summed E-state index contributed by atoms with van der Waals surface area (Å²) in [6.45, 7) is 4.98. The molecule has 0 unspecified atom stereocenters. The number of carbonyl (C=O) groups excluding carboxylic acids is 2. The highest BCUT2D eigenvalue weighted by Gasteiger charge is 2.37. The van der Waals surface area contributed by atoms with Crippen molar-refractivity contribution in [3.8, 4) is 17.2 Å². The molecule has 2 aromatic carbocycles. The molecule has 1 aliphatic rings. The normalized spacial score (nSPS) is 14.0. The summed E-state index contributed by atoms with van der Waals surface area (Å²) >= 11 is 6.21. The Morgan fingerprint density at radius 1 is 0.867 bits per heavy atom. The van der Waals surface area contributed by atoms with Crippen LogP contribution in [0.2, 0.25) is 0 Å². The summed E-state index contributed by atoms with van der Waals surface area (Å²) in [6, 6.07) is 14.0. The summed E-state index contributed by atoms with van der Waals surface area (Å²) in [5, 5.41) is -0.0831. The van der Waals surface area contributed by atoms with Crippen LogP contribution < -0.4 is 14.2 Å². The van der Waals surface area contributed by atoms with E-state index in [1.165, 1.54) is 0 Å². The Bertz CT molecular complexity index is 935. The summed E-state index contributed by atoms with van der Waals surface area (Å²) in [7, 11) is 1.58. The van der Waals surface area contributed by atoms with E-state index in [1.54, 1.807) is 55.6 Å². The molecule has 158 valence electrons. The van der Waals surface area contributed by atoms with Crippen LogP contribution in [0.5, 0.6) is 17.2 Å². The van der Waals surface area contributed by atoms with Crippen molar-refractivity contribution in [2.24, 2.45) is 5.92 Å². The lowest BCUT2D eigenvalue weighted by Crippen LogP contribution is -2.35. The van der Waals surface area contributed by atoms with Crippen LogP contribution >= 0.6 is 11.6 Å². The van der Waals surface area contributed by atoms with Gasteiger partial charge in [-0.3, -0.25) is 14.5 Å². The van der Waals surface area contributed by atoms with E-state index in [2.05, 4.69) is 13.8 Å². The van der Waals surface area contributed by atoms with Crippen molar-refractivity contribution in [2.45, 2.75) is 13.8 Å². The number of imide groups is 1. The number of amides is 2. The van der Waals surface area contributed by atoms with Gasteiger partial charge in [0.1, 0.15) is 28.9 Å². The Morgan fingerprint density at radius 3 is 2.03 bits per heavy atom. The van der Waals surface area contributed by atoms with Gasteiger partial charge in [0.2, 0.25) is 0 Å². The number of methoxy groups -OCH3 is 1. The third-order valence-corrected chi connectivity index (χ3v) is 4.83. The smallest absolute Gasteiger partial charge is 0.273 e. The molecule has 0 atom stereocenters. The van der Waals surface area contributed by atoms with E-state index in [0.717, 1.165) is 4.90 Å². The van der Waals surface area contributed by atoms with E-state index in [-0.39, 0.29) is 23.8 Å². The lowest BCUT2D eigenvalue weighted by molar-refractivity contribution is -0.137. The molecule has 7 heteroatoms. The molecule has 3 rings (SSSR count). The maximum atomic E-state index is 12.8. The number of rotatable bonds is 9. The number of hydrogen-bond donors (Lipinski definition) is 0. The molecule has 0 aromatic heterocycles. The van der Waals surface area contributed by atoms with Crippen molar-refractivity contribution in [3.05, 3.63) is 59.1 Å². The lowest BCUT2D eigenvalue weighted by atomic mass is 10.1. The number of halogens is 1. The van der Waals surface area contributed by atoms with Gasteiger partial charge in [0.05, 0.1) is 25.8 Å². The maximum absolute atomic E-state index is 12.8. The zero-order valence-corrected chi connectivity index (χ0v) is 17.9. The van der Waals surface area contributed by atoms with Crippen molar-refractivity contribution >= 4 is 29.0 Å².